The van der Waals surface area contributed by atoms with Crippen molar-refractivity contribution in [3.8, 4) is 11.5 Å². The number of ketones is 1. The molecule has 1 aliphatic heterocycles. The number of methoxy groups -OCH3 is 2. The van der Waals surface area contributed by atoms with Crippen molar-refractivity contribution >= 4 is 15.8 Å². The summed E-state index contributed by atoms with van der Waals surface area (Å²) in [5, 5.41) is 0. The lowest BCUT2D eigenvalue weighted by atomic mass is 10.0. The average molecular weight is 389 g/mol. The molecule has 2 aromatic carbocycles. The number of rotatable bonds is 6. The Kier molecular flexibility index (Phi) is 5.53. The molecule has 27 heavy (non-hydrogen) atoms. The van der Waals surface area contributed by atoms with Gasteiger partial charge in [-0.3, -0.25) is 4.79 Å². The second-order valence-corrected chi connectivity index (χ2v) is 8.36. The summed E-state index contributed by atoms with van der Waals surface area (Å²) in [7, 11) is -0.616. The van der Waals surface area contributed by atoms with Crippen LogP contribution in [0.15, 0.2) is 47.4 Å². The molecule has 0 radical (unpaired) electrons. The highest BCUT2D eigenvalue weighted by molar-refractivity contribution is 7.89. The van der Waals surface area contributed by atoms with E-state index in [0.29, 0.717) is 30.0 Å². The fraction of sp³-hybridized carbons (Fsp3) is 0.350. The first-order valence-corrected chi connectivity index (χ1v) is 10.2. The topological polar surface area (TPSA) is 72.9 Å². The summed E-state index contributed by atoms with van der Waals surface area (Å²) < 4.78 is 38.8. The van der Waals surface area contributed by atoms with Crippen molar-refractivity contribution < 1.29 is 22.7 Å². The minimum absolute atomic E-state index is 0.129. The quantitative estimate of drug-likeness (QED) is 0.708. The highest BCUT2D eigenvalue weighted by atomic mass is 32.2. The second-order valence-electron chi connectivity index (χ2n) is 6.47. The summed E-state index contributed by atoms with van der Waals surface area (Å²) in [5.41, 5.74) is 1.16. The largest absolute Gasteiger partial charge is 0.497 e. The van der Waals surface area contributed by atoms with E-state index in [4.69, 9.17) is 9.47 Å². The molecule has 0 saturated carbocycles. The van der Waals surface area contributed by atoms with Gasteiger partial charge in [-0.15, -0.1) is 0 Å². The van der Waals surface area contributed by atoms with Crippen molar-refractivity contribution in [2.75, 3.05) is 20.8 Å². The molecule has 0 bridgehead atoms. The minimum atomic E-state index is -3.75. The van der Waals surface area contributed by atoms with Gasteiger partial charge in [-0.05, 0) is 50.1 Å². The highest BCUT2D eigenvalue weighted by Gasteiger charge is 2.37. The Bertz CT molecular complexity index is 955. The average Bonchev–Trinajstić information content (AvgIpc) is 3.18. The van der Waals surface area contributed by atoms with Gasteiger partial charge in [0.15, 0.2) is 5.78 Å². The number of hydrogen-bond donors (Lipinski definition) is 0. The monoisotopic (exact) mass is 389 g/mol. The van der Waals surface area contributed by atoms with Crippen LogP contribution in [0.1, 0.15) is 41.7 Å². The van der Waals surface area contributed by atoms with E-state index < -0.39 is 10.0 Å². The SMILES string of the molecule is COc1ccc(OC)c([C@H]2CCCN2S(=O)(=O)c2cccc(C(C)=O)c2)c1. The molecular formula is C20H23NO5S. The fourth-order valence-electron chi connectivity index (χ4n) is 3.45. The third kappa shape index (κ3) is 3.70. The van der Waals surface area contributed by atoms with Gasteiger partial charge < -0.3 is 9.47 Å². The van der Waals surface area contributed by atoms with Crippen LogP contribution in [-0.4, -0.2) is 39.3 Å². The predicted molar refractivity (Wildman–Crippen MR) is 102 cm³/mol. The van der Waals surface area contributed by atoms with Crippen LogP contribution in [0.2, 0.25) is 0 Å². The van der Waals surface area contributed by atoms with Crippen molar-refractivity contribution in [1.82, 2.24) is 4.31 Å². The number of carbonyl (C=O) groups excluding carboxylic acids is 1. The molecule has 1 aliphatic rings. The predicted octanol–water partition coefficient (Wildman–Crippen LogP) is 3.43. The first-order chi connectivity index (χ1) is 12.9. The number of ether oxygens (including phenoxy) is 2. The Morgan fingerprint density at radius 1 is 1.11 bits per heavy atom. The summed E-state index contributed by atoms with van der Waals surface area (Å²) in [4.78, 5) is 11.8. The summed E-state index contributed by atoms with van der Waals surface area (Å²) in [6, 6.07) is 11.2. The van der Waals surface area contributed by atoms with E-state index in [2.05, 4.69) is 0 Å². The van der Waals surface area contributed by atoms with Gasteiger partial charge in [0.25, 0.3) is 0 Å². The van der Waals surface area contributed by atoms with E-state index in [0.717, 1.165) is 12.0 Å². The van der Waals surface area contributed by atoms with Gasteiger partial charge >= 0.3 is 0 Å². The standard InChI is InChI=1S/C20H23NO5S/c1-14(22)15-6-4-7-17(12-15)27(23,24)21-11-5-8-19(21)18-13-16(25-2)9-10-20(18)26-3/h4,6-7,9-10,12-13,19H,5,8,11H2,1-3H3/t19-/m1/s1. The highest BCUT2D eigenvalue weighted by Crippen LogP contribution is 2.41. The maximum absolute atomic E-state index is 13.3. The molecule has 1 heterocycles. The zero-order valence-electron chi connectivity index (χ0n) is 15.6. The molecule has 3 rings (SSSR count). The summed E-state index contributed by atoms with van der Waals surface area (Å²) in [6.45, 7) is 1.84. The number of nitrogens with zero attached hydrogens (tertiary/aromatic N) is 1. The fourth-order valence-corrected chi connectivity index (χ4v) is 5.17. The molecule has 0 amide bonds. The second kappa shape index (κ2) is 7.70. The summed E-state index contributed by atoms with van der Waals surface area (Å²) in [5.74, 6) is 1.11. The van der Waals surface area contributed by atoms with E-state index >= 15 is 0 Å². The first-order valence-electron chi connectivity index (χ1n) is 8.73. The molecule has 0 N–H and O–H groups in total. The lowest BCUT2D eigenvalue weighted by molar-refractivity contribution is 0.101. The van der Waals surface area contributed by atoms with Crippen molar-refractivity contribution in [2.45, 2.75) is 30.7 Å². The van der Waals surface area contributed by atoms with Gasteiger partial charge in [0.05, 0.1) is 25.2 Å². The molecule has 7 heteroatoms. The molecule has 0 spiro atoms. The van der Waals surface area contributed by atoms with Gasteiger partial charge in [0.1, 0.15) is 11.5 Å². The maximum Gasteiger partial charge on any atom is 0.243 e. The maximum atomic E-state index is 13.3. The Balaban J connectivity index is 2.04. The van der Waals surface area contributed by atoms with Crippen LogP contribution in [0.25, 0.3) is 0 Å². The Morgan fingerprint density at radius 2 is 1.89 bits per heavy atom. The zero-order valence-corrected chi connectivity index (χ0v) is 16.5. The number of carbonyl (C=O) groups is 1. The zero-order chi connectivity index (χ0) is 19.6. The van der Waals surface area contributed by atoms with Gasteiger partial charge in [-0.2, -0.15) is 4.31 Å². The van der Waals surface area contributed by atoms with E-state index in [1.807, 2.05) is 6.07 Å². The third-order valence-electron chi connectivity index (χ3n) is 4.85. The third-order valence-corrected chi connectivity index (χ3v) is 6.75. The van der Waals surface area contributed by atoms with Crippen molar-refractivity contribution in [2.24, 2.45) is 0 Å². The lowest BCUT2D eigenvalue weighted by Gasteiger charge is -2.26. The Labute approximate surface area is 159 Å². The van der Waals surface area contributed by atoms with Crippen LogP contribution in [0, 0.1) is 0 Å². The van der Waals surface area contributed by atoms with Gasteiger partial charge in [0, 0.05) is 17.7 Å². The lowest BCUT2D eigenvalue weighted by Crippen LogP contribution is -2.31. The Hall–Kier alpha value is -2.38. The van der Waals surface area contributed by atoms with Crippen LogP contribution >= 0.6 is 0 Å². The van der Waals surface area contributed by atoms with Crippen molar-refractivity contribution in [3.63, 3.8) is 0 Å². The van der Waals surface area contributed by atoms with Crippen molar-refractivity contribution in [3.05, 3.63) is 53.6 Å². The van der Waals surface area contributed by atoms with E-state index in [-0.39, 0.29) is 16.7 Å². The molecule has 0 aliphatic carbocycles. The van der Waals surface area contributed by atoms with E-state index in [1.165, 1.54) is 23.4 Å². The molecule has 144 valence electrons. The molecule has 6 nitrogen and oxygen atoms in total. The number of sulfonamides is 1. The van der Waals surface area contributed by atoms with Crippen LogP contribution in [0.3, 0.4) is 0 Å². The van der Waals surface area contributed by atoms with Crippen LogP contribution in [0.4, 0.5) is 0 Å². The van der Waals surface area contributed by atoms with Gasteiger partial charge in [0.2, 0.25) is 10.0 Å². The molecular weight excluding hydrogens is 366 g/mol. The Morgan fingerprint density at radius 3 is 2.56 bits per heavy atom. The normalized spacial score (nSPS) is 17.7. The van der Waals surface area contributed by atoms with Gasteiger partial charge in [-0.1, -0.05) is 12.1 Å². The van der Waals surface area contributed by atoms with Crippen LogP contribution in [-0.2, 0) is 10.0 Å². The number of hydrogen-bond acceptors (Lipinski definition) is 5. The molecule has 0 aromatic heterocycles. The molecule has 1 atom stereocenters. The van der Waals surface area contributed by atoms with E-state index in [9.17, 15) is 13.2 Å². The molecule has 1 saturated heterocycles. The van der Waals surface area contributed by atoms with Crippen molar-refractivity contribution in [1.29, 1.82) is 0 Å². The molecule has 2 aromatic rings. The number of benzene rings is 2. The summed E-state index contributed by atoms with van der Waals surface area (Å²) in [6.07, 6.45) is 1.44. The van der Waals surface area contributed by atoms with E-state index in [1.54, 1.807) is 38.5 Å². The smallest absolute Gasteiger partial charge is 0.243 e. The molecule has 1 fully saturated rings. The van der Waals surface area contributed by atoms with Gasteiger partial charge in [-0.25, -0.2) is 8.42 Å². The van der Waals surface area contributed by atoms with Crippen LogP contribution in [0.5, 0.6) is 11.5 Å². The summed E-state index contributed by atoms with van der Waals surface area (Å²) >= 11 is 0. The minimum Gasteiger partial charge on any atom is -0.497 e. The number of Topliss-reactive ketones (excluding diaryl/α,β-unsaturated/α-hetero) is 1. The first kappa shape index (κ1) is 19.4. The molecule has 0 unspecified atom stereocenters. The van der Waals surface area contributed by atoms with Crippen LogP contribution < -0.4 is 9.47 Å².